The zero-order valence-electron chi connectivity index (χ0n) is 14.8. The lowest BCUT2D eigenvalue weighted by molar-refractivity contribution is -0.354. The van der Waals surface area contributed by atoms with Crippen molar-refractivity contribution in [1.29, 1.82) is 0 Å². The van der Waals surface area contributed by atoms with Gasteiger partial charge in [0.25, 0.3) is 0 Å². The molecule has 25 heavy (non-hydrogen) atoms. The second-order valence-electron chi connectivity index (χ2n) is 5.95. The largest absolute Gasteiger partial charge is 0.455 e. The summed E-state index contributed by atoms with van der Waals surface area (Å²) < 4.78 is 32.8. The fraction of sp³-hybridized carbons (Fsp3) is 0.812. The molecule has 9 heteroatoms. The van der Waals surface area contributed by atoms with Crippen molar-refractivity contribution in [3.63, 3.8) is 0 Å². The summed E-state index contributed by atoms with van der Waals surface area (Å²) in [5.41, 5.74) is 0. The Morgan fingerprint density at radius 1 is 0.920 bits per heavy atom. The highest BCUT2D eigenvalue weighted by Crippen LogP contribution is 2.33. The normalized spacial score (nSPS) is 34.6. The number of carbonyl (C=O) groups is 3. The van der Waals surface area contributed by atoms with E-state index in [1.165, 1.54) is 20.8 Å². The Hall–Kier alpha value is -1.71. The molecule has 0 bridgehead atoms. The van der Waals surface area contributed by atoms with E-state index in [0.29, 0.717) is 6.42 Å². The Balaban J connectivity index is 2.27. The minimum atomic E-state index is -1.22. The molecule has 1 unspecified atom stereocenters. The molecule has 2 aliphatic rings. The molecule has 0 amide bonds. The highest BCUT2D eigenvalue weighted by atomic mass is 16.8. The van der Waals surface area contributed by atoms with Gasteiger partial charge >= 0.3 is 17.9 Å². The van der Waals surface area contributed by atoms with Crippen LogP contribution in [0, 0.1) is 0 Å². The van der Waals surface area contributed by atoms with E-state index in [1.807, 2.05) is 6.92 Å². The summed E-state index contributed by atoms with van der Waals surface area (Å²) in [6, 6.07) is 0. The first-order valence-electron chi connectivity index (χ1n) is 8.26. The van der Waals surface area contributed by atoms with E-state index in [4.69, 9.17) is 28.4 Å². The molecule has 9 nitrogen and oxygen atoms in total. The van der Waals surface area contributed by atoms with Crippen LogP contribution in [-0.4, -0.2) is 61.5 Å². The van der Waals surface area contributed by atoms with Gasteiger partial charge in [0.2, 0.25) is 12.4 Å². The van der Waals surface area contributed by atoms with Gasteiger partial charge in [-0.2, -0.15) is 0 Å². The molecule has 2 heterocycles. The van der Waals surface area contributed by atoms with E-state index >= 15 is 0 Å². The van der Waals surface area contributed by atoms with E-state index in [0.717, 1.165) is 6.42 Å². The fourth-order valence-electron chi connectivity index (χ4n) is 2.88. The predicted octanol–water partition coefficient (Wildman–Crippen LogP) is 0.679. The smallest absolute Gasteiger partial charge is 0.305 e. The first-order valence-corrected chi connectivity index (χ1v) is 8.26. The Kier molecular flexibility index (Phi) is 6.74. The summed E-state index contributed by atoms with van der Waals surface area (Å²) in [5.74, 6) is -1.83. The third kappa shape index (κ3) is 5.13. The topological polar surface area (TPSA) is 107 Å². The van der Waals surface area contributed by atoms with Crippen LogP contribution in [-0.2, 0) is 42.8 Å². The lowest BCUT2D eigenvalue weighted by Gasteiger charge is -2.47. The molecule has 2 saturated heterocycles. The van der Waals surface area contributed by atoms with Gasteiger partial charge in [-0.15, -0.1) is 0 Å². The highest BCUT2D eigenvalue weighted by molar-refractivity contribution is 5.68. The maximum atomic E-state index is 11.6. The molecule has 2 fully saturated rings. The van der Waals surface area contributed by atoms with Gasteiger partial charge in [-0.1, -0.05) is 13.3 Å². The number of hydrogen-bond donors (Lipinski definition) is 0. The maximum Gasteiger partial charge on any atom is 0.305 e. The quantitative estimate of drug-likeness (QED) is 0.516. The Morgan fingerprint density at radius 3 is 2.08 bits per heavy atom. The van der Waals surface area contributed by atoms with E-state index in [-0.39, 0.29) is 6.61 Å². The summed E-state index contributed by atoms with van der Waals surface area (Å²) in [5, 5.41) is 0. The third-order valence-electron chi connectivity index (χ3n) is 3.76. The van der Waals surface area contributed by atoms with E-state index in [2.05, 4.69) is 0 Å². The molecule has 6 atom stereocenters. The van der Waals surface area contributed by atoms with Crippen LogP contribution in [0.25, 0.3) is 0 Å². The number of esters is 3. The van der Waals surface area contributed by atoms with Crippen molar-refractivity contribution in [3.8, 4) is 0 Å². The molecule has 0 aromatic carbocycles. The summed E-state index contributed by atoms with van der Waals surface area (Å²) in [4.78, 5) is 34.4. The SMILES string of the molecule is CCCC1OC[C@H]2O[C@@H](OC(C)=O)[C@H](OC(C)=O)[C@@H](OC(C)=O)[C@@H]2O1. The van der Waals surface area contributed by atoms with Crippen LogP contribution >= 0.6 is 0 Å². The molecule has 0 saturated carbocycles. The van der Waals surface area contributed by atoms with Crippen molar-refractivity contribution < 1.29 is 42.8 Å². The lowest BCUT2D eigenvalue weighted by Crippen LogP contribution is -2.65. The molecule has 142 valence electrons. The average Bonchev–Trinajstić information content (AvgIpc) is 2.50. The molecule has 0 radical (unpaired) electrons. The van der Waals surface area contributed by atoms with Gasteiger partial charge < -0.3 is 28.4 Å². The van der Waals surface area contributed by atoms with Crippen LogP contribution in [0.15, 0.2) is 0 Å². The molecular formula is C16H24O9. The number of hydrogen-bond acceptors (Lipinski definition) is 9. The zero-order valence-corrected chi connectivity index (χ0v) is 14.8. The van der Waals surface area contributed by atoms with Gasteiger partial charge in [-0.25, -0.2) is 0 Å². The minimum absolute atomic E-state index is 0.178. The monoisotopic (exact) mass is 360 g/mol. The van der Waals surface area contributed by atoms with Crippen molar-refractivity contribution in [2.75, 3.05) is 6.61 Å². The van der Waals surface area contributed by atoms with Crippen LogP contribution in [0.4, 0.5) is 0 Å². The average molecular weight is 360 g/mol. The fourth-order valence-corrected chi connectivity index (χ4v) is 2.88. The Morgan fingerprint density at radius 2 is 1.52 bits per heavy atom. The van der Waals surface area contributed by atoms with Gasteiger partial charge in [-0.3, -0.25) is 14.4 Å². The second-order valence-corrected chi connectivity index (χ2v) is 5.95. The van der Waals surface area contributed by atoms with Crippen molar-refractivity contribution >= 4 is 17.9 Å². The van der Waals surface area contributed by atoms with Crippen LogP contribution in [0.3, 0.4) is 0 Å². The van der Waals surface area contributed by atoms with Crippen molar-refractivity contribution in [3.05, 3.63) is 0 Å². The second kappa shape index (κ2) is 8.59. The lowest BCUT2D eigenvalue weighted by atomic mass is 9.97. The summed E-state index contributed by atoms with van der Waals surface area (Å²) in [6.07, 6.45) is -3.65. The number of ether oxygens (including phenoxy) is 6. The number of carbonyl (C=O) groups excluding carboxylic acids is 3. The third-order valence-corrected chi connectivity index (χ3v) is 3.76. The molecule has 2 aliphatic heterocycles. The molecular weight excluding hydrogens is 336 g/mol. The van der Waals surface area contributed by atoms with Crippen LogP contribution in [0.1, 0.15) is 40.5 Å². The van der Waals surface area contributed by atoms with Crippen LogP contribution in [0.2, 0.25) is 0 Å². The molecule has 0 aromatic heterocycles. The summed E-state index contributed by atoms with van der Waals surface area (Å²) >= 11 is 0. The van der Waals surface area contributed by atoms with Gasteiger partial charge in [0.1, 0.15) is 12.2 Å². The minimum Gasteiger partial charge on any atom is -0.455 e. The van der Waals surface area contributed by atoms with E-state index in [9.17, 15) is 14.4 Å². The van der Waals surface area contributed by atoms with Gasteiger partial charge in [0, 0.05) is 20.8 Å². The van der Waals surface area contributed by atoms with Gasteiger partial charge in [0.05, 0.1) is 6.61 Å². The molecule has 0 aliphatic carbocycles. The summed E-state index contributed by atoms with van der Waals surface area (Å²) in [6.45, 7) is 5.80. The van der Waals surface area contributed by atoms with Crippen molar-refractivity contribution in [1.82, 2.24) is 0 Å². The molecule has 0 aromatic rings. The molecule has 0 N–H and O–H groups in total. The van der Waals surface area contributed by atoms with Crippen LogP contribution in [0.5, 0.6) is 0 Å². The van der Waals surface area contributed by atoms with Gasteiger partial charge in [-0.05, 0) is 6.42 Å². The van der Waals surface area contributed by atoms with Crippen molar-refractivity contribution in [2.24, 2.45) is 0 Å². The predicted molar refractivity (Wildman–Crippen MR) is 81.1 cm³/mol. The zero-order chi connectivity index (χ0) is 18.6. The first kappa shape index (κ1) is 19.6. The first-order chi connectivity index (χ1) is 11.8. The summed E-state index contributed by atoms with van der Waals surface area (Å²) in [7, 11) is 0. The Labute approximate surface area is 145 Å². The maximum absolute atomic E-state index is 11.6. The Bertz CT molecular complexity index is 506. The van der Waals surface area contributed by atoms with Crippen LogP contribution < -0.4 is 0 Å². The van der Waals surface area contributed by atoms with Crippen molar-refractivity contribution in [2.45, 2.75) is 77.5 Å². The molecule has 2 rings (SSSR count). The number of fused-ring (bicyclic) bond motifs is 1. The standard InChI is InChI=1S/C16H24O9/c1-5-6-12-20-7-11-13(25-12)14(21-8(2)17)15(22-9(3)18)16(24-11)23-10(4)19/h11-16H,5-7H2,1-4H3/t11-,12?,13-,14+,15-,16-/m1/s1. The molecule has 0 spiro atoms. The highest BCUT2D eigenvalue weighted by Gasteiger charge is 2.54. The van der Waals surface area contributed by atoms with Gasteiger partial charge in [0.15, 0.2) is 12.4 Å². The van der Waals surface area contributed by atoms with E-state index in [1.54, 1.807) is 0 Å². The van der Waals surface area contributed by atoms with E-state index < -0.39 is 54.9 Å². The number of rotatable bonds is 5.